The van der Waals surface area contributed by atoms with E-state index in [-0.39, 0.29) is 17.5 Å². The van der Waals surface area contributed by atoms with E-state index >= 15 is 0 Å². The van der Waals surface area contributed by atoms with Crippen LogP contribution in [0.1, 0.15) is 48.3 Å². The van der Waals surface area contributed by atoms with Crippen LogP contribution in [-0.4, -0.2) is 54.4 Å². The van der Waals surface area contributed by atoms with Crippen LogP contribution in [0.2, 0.25) is 0 Å². The van der Waals surface area contributed by atoms with E-state index in [4.69, 9.17) is 0 Å². The second-order valence-corrected chi connectivity index (χ2v) is 8.82. The lowest BCUT2D eigenvalue weighted by atomic mass is 9.98. The predicted octanol–water partition coefficient (Wildman–Crippen LogP) is 2.81. The lowest BCUT2D eigenvalue weighted by Gasteiger charge is -2.35. The maximum Gasteiger partial charge on any atom is 0.253 e. The van der Waals surface area contributed by atoms with Gasteiger partial charge < -0.3 is 10.1 Å². The minimum atomic E-state index is -0.485. The van der Waals surface area contributed by atoms with E-state index in [1.54, 1.807) is 16.8 Å². The van der Waals surface area contributed by atoms with Crippen LogP contribution in [0, 0.1) is 5.82 Å². The molecule has 1 fully saturated rings. The molecule has 2 N–H and O–H groups in total. The summed E-state index contributed by atoms with van der Waals surface area (Å²) >= 11 is 0. The third kappa shape index (κ3) is 4.49. The van der Waals surface area contributed by atoms with Gasteiger partial charge in [0.25, 0.3) is 5.56 Å². The van der Waals surface area contributed by atoms with Crippen LogP contribution in [0.5, 0.6) is 0 Å². The van der Waals surface area contributed by atoms with Crippen LogP contribution >= 0.6 is 0 Å². The molecule has 9 heteroatoms. The van der Waals surface area contributed by atoms with Gasteiger partial charge in [0, 0.05) is 24.2 Å². The van der Waals surface area contributed by atoms with Gasteiger partial charge in [0.1, 0.15) is 11.9 Å². The molecule has 0 saturated carbocycles. The van der Waals surface area contributed by atoms with Gasteiger partial charge in [-0.3, -0.25) is 9.69 Å². The molecule has 1 atom stereocenters. The number of aryl methyl sites for hydroxylation is 1. The Hall–Kier alpha value is -3.43. The number of hydrogen-bond donors (Lipinski definition) is 2. The molecule has 0 amide bonds. The van der Waals surface area contributed by atoms with Crippen LogP contribution in [0.15, 0.2) is 53.3 Å². The molecule has 2 aromatic carbocycles. The second-order valence-electron chi connectivity index (χ2n) is 8.82. The fourth-order valence-corrected chi connectivity index (χ4v) is 4.62. The maximum absolute atomic E-state index is 13.4. The van der Waals surface area contributed by atoms with Gasteiger partial charge in [0.05, 0.1) is 12.6 Å². The first-order valence-electron chi connectivity index (χ1n) is 11.6. The fourth-order valence-electron chi connectivity index (χ4n) is 4.62. The number of fused-ring (bicyclic) bond motifs is 1. The molecule has 1 aliphatic heterocycles. The molecule has 0 aliphatic carbocycles. The summed E-state index contributed by atoms with van der Waals surface area (Å²) in [5.74, 6) is 0.233. The van der Waals surface area contributed by atoms with Gasteiger partial charge in [0.2, 0.25) is 0 Å². The molecule has 5 rings (SSSR count). The first-order valence-corrected chi connectivity index (χ1v) is 11.6. The quantitative estimate of drug-likeness (QED) is 0.457. The van der Waals surface area contributed by atoms with E-state index in [1.807, 2.05) is 18.2 Å². The number of pyridine rings is 1. The number of benzene rings is 2. The van der Waals surface area contributed by atoms with Gasteiger partial charge in [-0.1, -0.05) is 25.1 Å². The Morgan fingerprint density at radius 3 is 2.59 bits per heavy atom. The zero-order chi connectivity index (χ0) is 23.7. The second kappa shape index (κ2) is 9.44. The molecule has 1 aliphatic rings. The largest absolute Gasteiger partial charge is 0.393 e. The van der Waals surface area contributed by atoms with E-state index < -0.39 is 6.04 Å². The van der Waals surface area contributed by atoms with Gasteiger partial charge >= 0.3 is 0 Å². The number of aliphatic hydroxyl groups excluding tert-OH is 1. The Kier molecular flexibility index (Phi) is 6.21. The van der Waals surface area contributed by atoms with Crippen molar-refractivity contribution in [3.8, 4) is 0 Å². The van der Waals surface area contributed by atoms with Gasteiger partial charge in [0.15, 0.2) is 5.82 Å². The summed E-state index contributed by atoms with van der Waals surface area (Å²) in [6.07, 6.45) is 1.77. The molecule has 0 spiro atoms. The molecular formula is C25H27FN6O2. The Labute approximate surface area is 196 Å². The summed E-state index contributed by atoms with van der Waals surface area (Å²) in [5, 5.41) is 23.4. The number of halogens is 1. The monoisotopic (exact) mass is 462 g/mol. The average molecular weight is 463 g/mol. The van der Waals surface area contributed by atoms with Crippen LogP contribution in [0.25, 0.3) is 10.9 Å². The van der Waals surface area contributed by atoms with Crippen LogP contribution in [0.4, 0.5) is 4.39 Å². The molecule has 34 heavy (non-hydrogen) atoms. The van der Waals surface area contributed by atoms with Crippen LogP contribution in [0.3, 0.4) is 0 Å². The maximum atomic E-state index is 13.4. The number of rotatable bonds is 6. The smallest absolute Gasteiger partial charge is 0.253 e. The predicted molar refractivity (Wildman–Crippen MR) is 126 cm³/mol. The van der Waals surface area contributed by atoms with Crippen molar-refractivity contribution in [2.24, 2.45) is 0 Å². The van der Waals surface area contributed by atoms with E-state index in [2.05, 4.69) is 38.4 Å². The van der Waals surface area contributed by atoms with Crippen molar-refractivity contribution in [1.82, 2.24) is 30.1 Å². The third-order valence-electron chi connectivity index (χ3n) is 6.55. The molecule has 0 unspecified atom stereocenters. The van der Waals surface area contributed by atoms with Crippen molar-refractivity contribution < 1.29 is 9.50 Å². The highest BCUT2D eigenvalue weighted by Crippen LogP contribution is 2.30. The number of hydrogen-bond acceptors (Lipinski definition) is 6. The standard InChI is InChI=1S/C25H27FN6O2/c1-2-16-5-8-22-18(13-16)14-21(25(34)27-22)23(31-11-9-20(33)10-12-31)24-28-29-30-32(24)15-17-3-6-19(26)7-4-17/h3-8,13-14,20,23,33H,2,9-12,15H2,1H3,(H,27,34)/t23-/m0/s1. The van der Waals surface area contributed by atoms with Crippen molar-refractivity contribution in [2.75, 3.05) is 13.1 Å². The molecule has 2 aromatic heterocycles. The number of aromatic amines is 1. The molecule has 1 saturated heterocycles. The number of likely N-dealkylation sites (tertiary alicyclic amines) is 1. The number of aliphatic hydroxyl groups is 1. The highest BCUT2D eigenvalue weighted by Gasteiger charge is 2.32. The molecule has 8 nitrogen and oxygen atoms in total. The van der Waals surface area contributed by atoms with Crippen molar-refractivity contribution in [3.05, 3.63) is 87.2 Å². The van der Waals surface area contributed by atoms with Crippen LogP contribution in [-0.2, 0) is 13.0 Å². The Balaban J connectivity index is 1.60. The first kappa shape index (κ1) is 22.4. The van der Waals surface area contributed by atoms with Gasteiger partial charge in [-0.05, 0) is 76.5 Å². The number of nitrogens with one attached hydrogen (secondary N) is 1. The molecular weight excluding hydrogens is 435 g/mol. The van der Waals surface area contributed by atoms with E-state index in [0.717, 1.165) is 22.9 Å². The Morgan fingerprint density at radius 1 is 1.12 bits per heavy atom. The summed E-state index contributed by atoms with van der Waals surface area (Å²) in [6, 6.07) is 13.7. The number of tetrazole rings is 1. The van der Waals surface area contributed by atoms with Crippen molar-refractivity contribution in [3.63, 3.8) is 0 Å². The van der Waals surface area contributed by atoms with Crippen molar-refractivity contribution in [2.45, 2.75) is 44.9 Å². The number of nitrogens with zero attached hydrogens (tertiary/aromatic N) is 5. The number of H-pyrrole nitrogens is 1. The van der Waals surface area contributed by atoms with Gasteiger partial charge in [-0.2, -0.15) is 0 Å². The number of aromatic nitrogens is 5. The summed E-state index contributed by atoms with van der Waals surface area (Å²) in [4.78, 5) is 18.5. The highest BCUT2D eigenvalue weighted by molar-refractivity contribution is 5.80. The van der Waals surface area contributed by atoms with Crippen molar-refractivity contribution in [1.29, 1.82) is 0 Å². The lowest BCUT2D eigenvalue weighted by molar-refractivity contribution is 0.0659. The first-order chi connectivity index (χ1) is 16.5. The summed E-state index contributed by atoms with van der Waals surface area (Å²) < 4.78 is 15.0. The summed E-state index contributed by atoms with van der Waals surface area (Å²) in [7, 11) is 0. The fraction of sp³-hybridized carbons (Fsp3) is 0.360. The minimum Gasteiger partial charge on any atom is -0.393 e. The van der Waals surface area contributed by atoms with E-state index in [1.165, 1.54) is 17.7 Å². The summed E-state index contributed by atoms with van der Waals surface area (Å²) in [6.45, 7) is 3.67. The number of piperidine rings is 1. The molecule has 0 radical (unpaired) electrons. The zero-order valence-corrected chi connectivity index (χ0v) is 19.0. The third-order valence-corrected chi connectivity index (χ3v) is 6.55. The van der Waals surface area contributed by atoms with E-state index in [9.17, 15) is 14.3 Å². The highest BCUT2D eigenvalue weighted by atomic mass is 19.1. The summed E-state index contributed by atoms with van der Waals surface area (Å²) in [5.41, 5.74) is 3.19. The topological polar surface area (TPSA) is 99.9 Å². The van der Waals surface area contributed by atoms with Crippen molar-refractivity contribution >= 4 is 10.9 Å². The van der Waals surface area contributed by atoms with Gasteiger partial charge in [-0.25, -0.2) is 9.07 Å². The average Bonchev–Trinajstić information content (AvgIpc) is 3.29. The molecule has 4 aromatic rings. The normalized spacial score (nSPS) is 16.2. The van der Waals surface area contributed by atoms with E-state index in [0.29, 0.717) is 43.9 Å². The van der Waals surface area contributed by atoms with Gasteiger partial charge in [-0.15, -0.1) is 5.10 Å². The minimum absolute atomic E-state index is 0.191. The lowest BCUT2D eigenvalue weighted by Crippen LogP contribution is -2.41. The Morgan fingerprint density at radius 2 is 1.85 bits per heavy atom. The van der Waals surface area contributed by atoms with Crippen LogP contribution < -0.4 is 5.56 Å². The Bertz CT molecular complexity index is 1340. The molecule has 3 heterocycles. The zero-order valence-electron chi connectivity index (χ0n) is 19.0. The molecule has 176 valence electrons. The SMILES string of the molecule is CCc1ccc2[nH]c(=O)c([C@@H](c3nnnn3Cc3ccc(F)cc3)N3CCC(O)CC3)cc2c1. The molecule has 0 bridgehead atoms.